The lowest BCUT2D eigenvalue weighted by atomic mass is 9.88. The quantitative estimate of drug-likeness (QED) is 0.267. The summed E-state index contributed by atoms with van der Waals surface area (Å²) in [5.41, 5.74) is 6.33. The highest BCUT2D eigenvalue weighted by Gasteiger charge is 2.13. The first-order valence-corrected chi connectivity index (χ1v) is 11.3. The van der Waals surface area contributed by atoms with Crippen molar-refractivity contribution < 1.29 is 4.74 Å². The standard InChI is InChI=1S/C25H28NOP.C2H6/c1-3-24(19-7-5-4-6-8-19)25(21-11-15-23(28)16-12-21)20-9-13-22(14-10-20)27-18-17-26-2;1-2/h4-16,26H,3,17-18,28H2,1-2H3;1-2H3/b25-24+;. The molecule has 0 aromatic heterocycles. The largest absolute Gasteiger partial charge is 0.492 e. The van der Waals surface area contributed by atoms with E-state index in [2.05, 4.69) is 100 Å². The van der Waals surface area contributed by atoms with E-state index in [0.29, 0.717) is 6.61 Å². The molecule has 0 saturated carbocycles. The van der Waals surface area contributed by atoms with Crippen LogP contribution in [0.3, 0.4) is 0 Å². The van der Waals surface area contributed by atoms with Crippen LogP contribution in [-0.4, -0.2) is 20.2 Å². The van der Waals surface area contributed by atoms with Gasteiger partial charge in [-0.05, 0) is 58.7 Å². The maximum Gasteiger partial charge on any atom is 0.119 e. The molecule has 1 N–H and O–H groups in total. The van der Waals surface area contributed by atoms with Crippen LogP contribution < -0.4 is 15.4 Å². The summed E-state index contributed by atoms with van der Waals surface area (Å²) in [4.78, 5) is 0. The zero-order valence-electron chi connectivity index (χ0n) is 18.6. The zero-order valence-corrected chi connectivity index (χ0v) is 19.8. The predicted octanol–water partition coefficient (Wildman–Crippen LogP) is 6.18. The molecular formula is C27H34NOP. The Kier molecular flexibility index (Phi) is 10.3. The maximum absolute atomic E-state index is 5.79. The molecule has 1 unspecified atom stereocenters. The molecule has 30 heavy (non-hydrogen) atoms. The van der Waals surface area contributed by atoms with Gasteiger partial charge < -0.3 is 10.1 Å². The van der Waals surface area contributed by atoms with Gasteiger partial charge in [-0.2, -0.15) is 0 Å². The van der Waals surface area contributed by atoms with Crippen LogP contribution in [0.5, 0.6) is 5.75 Å². The van der Waals surface area contributed by atoms with E-state index >= 15 is 0 Å². The van der Waals surface area contributed by atoms with E-state index in [0.717, 1.165) is 18.7 Å². The van der Waals surface area contributed by atoms with Gasteiger partial charge in [0.1, 0.15) is 12.4 Å². The summed E-state index contributed by atoms with van der Waals surface area (Å²) in [6.45, 7) is 7.72. The first-order valence-electron chi connectivity index (χ1n) is 10.7. The van der Waals surface area contributed by atoms with Crippen LogP contribution in [0.4, 0.5) is 0 Å². The lowest BCUT2D eigenvalue weighted by Crippen LogP contribution is -2.15. The van der Waals surface area contributed by atoms with Gasteiger partial charge in [0.25, 0.3) is 0 Å². The fourth-order valence-corrected chi connectivity index (χ4v) is 3.51. The predicted molar refractivity (Wildman–Crippen MR) is 136 cm³/mol. The Balaban J connectivity index is 0.00000155. The highest BCUT2D eigenvalue weighted by Crippen LogP contribution is 2.34. The van der Waals surface area contributed by atoms with E-state index in [4.69, 9.17) is 4.74 Å². The SMILES string of the molecule is CC.CC/C(=C(\c1ccc(P)cc1)c1ccc(OCCNC)cc1)c1ccccc1. The zero-order chi connectivity index (χ0) is 21.8. The Morgan fingerprint density at radius 2 is 1.37 bits per heavy atom. The molecule has 3 rings (SSSR count). The third-order valence-corrected chi connectivity index (χ3v) is 5.13. The second-order valence-electron chi connectivity index (χ2n) is 6.67. The first kappa shape index (κ1) is 23.9. The monoisotopic (exact) mass is 419 g/mol. The molecule has 0 saturated heterocycles. The Morgan fingerprint density at radius 3 is 1.90 bits per heavy atom. The molecule has 2 nitrogen and oxygen atoms in total. The lowest BCUT2D eigenvalue weighted by molar-refractivity contribution is 0.318. The van der Waals surface area contributed by atoms with E-state index in [1.165, 1.54) is 33.1 Å². The van der Waals surface area contributed by atoms with Gasteiger partial charge in [-0.25, -0.2) is 0 Å². The van der Waals surface area contributed by atoms with Gasteiger partial charge in [0.05, 0.1) is 0 Å². The second-order valence-corrected chi connectivity index (χ2v) is 7.34. The smallest absolute Gasteiger partial charge is 0.119 e. The van der Waals surface area contributed by atoms with E-state index < -0.39 is 0 Å². The fraction of sp³-hybridized carbons (Fsp3) is 0.259. The van der Waals surface area contributed by atoms with Crippen molar-refractivity contribution >= 4 is 25.7 Å². The van der Waals surface area contributed by atoms with Crippen LogP contribution in [0.15, 0.2) is 78.9 Å². The third kappa shape index (κ3) is 6.55. The van der Waals surface area contributed by atoms with Gasteiger partial charge in [-0.15, -0.1) is 9.24 Å². The number of hydrogen-bond donors (Lipinski definition) is 1. The molecule has 3 aromatic rings. The summed E-state index contributed by atoms with van der Waals surface area (Å²) in [7, 11) is 4.69. The Morgan fingerprint density at radius 1 is 0.800 bits per heavy atom. The molecule has 0 bridgehead atoms. The molecule has 0 fully saturated rings. The van der Waals surface area contributed by atoms with Crippen LogP contribution in [0.1, 0.15) is 43.9 Å². The van der Waals surface area contributed by atoms with Crippen LogP contribution in [0.2, 0.25) is 0 Å². The summed E-state index contributed by atoms with van der Waals surface area (Å²) in [5.74, 6) is 0.899. The van der Waals surface area contributed by atoms with Crippen molar-refractivity contribution in [1.82, 2.24) is 5.32 Å². The van der Waals surface area contributed by atoms with E-state index in [1.807, 2.05) is 20.9 Å². The number of ether oxygens (including phenoxy) is 1. The van der Waals surface area contributed by atoms with Crippen LogP contribution in [-0.2, 0) is 0 Å². The number of benzene rings is 3. The molecule has 0 spiro atoms. The summed E-state index contributed by atoms with van der Waals surface area (Å²) in [6.07, 6.45) is 0.961. The third-order valence-electron chi connectivity index (χ3n) is 4.74. The number of allylic oxidation sites excluding steroid dienone is 1. The molecule has 0 amide bonds. The van der Waals surface area contributed by atoms with Gasteiger partial charge >= 0.3 is 0 Å². The van der Waals surface area contributed by atoms with Crippen molar-refractivity contribution in [1.29, 1.82) is 0 Å². The minimum atomic E-state index is 0.665. The number of hydrogen-bond acceptors (Lipinski definition) is 2. The number of rotatable bonds is 8. The molecule has 0 radical (unpaired) electrons. The van der Waals surface area contributed by atoms with Crippen molar-refractivity contribution in [2.24, 2.45) is 0 Å². The molecule has 0 aliphatic rings. The molecule has 0 aliphatic carbocycles. The Hall–Kier alpha value is -2.41. The molecule has 1 atom stereocenters. The summed E-state index contributed by atoms with van der Waals surface area (Å²) in [5, 5.41) is 4.29. The van der Waals surface area contributed by atoms with E-state index in [-0.39, 0.29) is 0 Å². The van der Waals surface area contributed by atoms with Crippen LogP contribution in [0.25, 0.3) is 11.1 Å². The van der Waals surface area contributed by atoms with Crippen molar-refractivity contribution in [3.63, 3.8) is 0 Å². The molecular weight excluding hydrogens is 385 g/mol. The normalized spacial score (nSPS) is 11.2. The minimum absolute atomic E-state index is 0.665. The minimum Gasteiger partial charge on any atom is -0.492 e. The molecule has 0 heterocycles. The summed E-state index contributed by atoms with van der Waals surface area (Å²) >= 11 is 0. The molecule has 158 valence electrons. The van der Waals surface area contributed by atoms with Crippen molar-refractivity contribution in [3.05, 3.63) is 95.6 Å². The van der Waals surface area contributed by atoms with Crippen molar-refractivity contribution in [2.45, 2.75) is 27.2 Å². The Labute approximate surface area is 184 Å². The highest BCUT2D eigenvalue weighted by molar-refractivity contribution is 7.27. The maximum atomic E-state index is 5.79. The average Bonchev–Trinajstić information content (AvgIpc) is 2.81. The van der Waals surface area contributed by atoms with E-state index in [9.17, 15) is 0 Å². The molecule has 3 heteroatoms. The van der Waals surface area contributed by atoms with Gasteiger partial charge in [0, 0.05) is 6.54 Å². The Bertz CT molecular complexity index is 900. The van der Waals surface area contributed by atoms with Gasteiger partial charge in [0.15, 0.2) is 0 Å². The first-order chi connectivity index (χ1) is 14.7. The average molecular weight is 420 g/mol. The highest BCUT2D eigenvalue weighted by atomic mass is 31.0. The summed E-state index contributed by atoms with van der Waals surface area (Å²) < 4.78 is 5.79. The van der Waals surface area contributed by atoms with Gasteiger partial charge in [-0.1, -0.05) is 87.5 Å². The number of nitrogens with one attached hydrogen (secondary N) is 1. The molecule has 0 aliphatic heterocycles. The molecule has 3 aromatic carbocycles. The van der Waals surface area contributed by atoms with Gasteiger partial charge in [-0.3, -0.25) is 0 Å². The van der Waals surface area contributed by atoms with E-state index in [1.54, 1.807) is 0 Å². The van der Waals surface area contributed by atoms with Crippen molar-refractivity contribution in [2.75, 3.05) is 20.2 Å². The lowest BCUT2D eigenvalue weighted by Gasteiger charge is -2.17. The topological polar surface area (TPSA) is 21.3 Å². The number of likely N-dealkylation sites (N-methyl/N-ethyl adjacent to an activating group) is 1. The van der Waals surface area contributed by atoms with Crippen LogP contribution >= 0.6 is 9.24 Å². The second kappa shape index (κ2) is 13.0. The summed E-state index contributed by atoms with van der Waals surface area (Å²) in [6, 6.07) is 27.8. The van der Waals surface area contributed by atoms with Crippen LogP contribution in [0, 0.1) is 0 Å². The van der Waals surface area contributed by atoms with Crippen molar-refractivity contribution in [3.8, 4) is 5.75 Å². The fourth-order valence-electron chi connectivity index (χ4n) is 3.32. The van der Waals surface area contributed by atoms with Gasteiger partial charge in [0.2, 0.25) is 0 Å².